The molecule has 1 unspecified atom stereocenters. The standard InChI is InChI=1S/C30H33N5O3/c1-20-31-11-8-25(32-20)22-2-5-24-21(16-22)3-6-26(24)35-18-30(19-35)9-12-34(13-10-30)28(36)17-23-4-7-27-29(33-23)38-15-14-37-27/h2,4-5,7-8,11,16,26H,3,6,9-10,12-15,17-19H2,1H3. The van der Waals surface area contributed by atoms with E-state index in [-0.39, 0.29) is 5.91 Å². The summed E-state index contributed by atoms with van der Waals surface area (Å²) in [5, 5.41) is 0. The molecule has 2 saturated heterocycles. The van der Waals surface area contributed by atoms with Crippen LogP contribution < -0.4 is 9.47 Å². The van der Waals surface area contributed by atoms with E-state index < -0.39 is 0 Å². The van der Waals surface area contributed by atoms with Crippen molar-refractivity contribution >= 4 is 5.91 Å². The Labute approximate surface area is 223 Å². The van der Waals surface area contributed by atoms with Gasteiger partial charge in [-0.2, -0.15) is 0 Å². The van der Waals surface area contributed by atoms with Crippen LogP contribution in [0.2, 0.25) is 0 Å². The fourth-order valence-electron chi connectivity index (χ4n) is 6.67. The molecule has 0 N–H and O–H groups in total. The van der Waals surface area contributed by atoms with Gasteiger partial charge in [0.2, 0.25) is 5.91 Å². The minimum atomic E-state index is 0.152. The van der Waals surface area contributed by atoms with E-state index in [0.717, 1.165) is 62.7 Å². The zero-order valence-electron chi connectivity index (χ0n) is 21.9. The summed E-state index contributed by atoms with van der Waals surface area (Å²) in [6.45, 7) is 6.91. The first-order valence-corrected chi connectivity index (χ1v) is 13.8. The molecule has 38 heavy (non-hydrogen) atoms. The highest BCUT2D eigenvalue weighted by Gasteiger charge is 2.48. The highest BCUT2D eigenvalue weighted by molar-refractivity contribution is 5.78. The molecule has 4 aliphatic rings. The van der Waals surface area contributed by atoms with Crippen molar-refractivity contribution in [2.75, 3.05) is 39.4 Å². The van der Waals surface area contributed by atoms with E-state index in [1.165, 1.54) is 23.1 Å². The van der Waals surface area contributed by atoms with E-state index in [1.807, 2.05) is 36.2 Å². The zero-order chi connectivity index (χ0) is 25.7. The summed E-state index contributed by atoms with van der Waals surface area (Å²) in [4.78, 5) is 31.0. The molecule has 7 rings (SSSR count). The number of amides is 1. The van der Waals surface area contributed by atoms with Crippen LogP contribution in [0.4, 0.5) is 0 Å². The van der Waals surface area contributed by atoms with Crippen LogP contribution in [0.3, 0.4) is 0 Å². The number of carbonyl (C=O) groups excluding carboxylic acids is 1. The van der Waals surface area contributed by atoms with Crippen LogP contribution in [0.5, 0.6) is 11.6 Å². The largest absolute Gasteiger partial charge is 0.484 e. The van der Waals surface area contributed by atoms with Crippen LogP contribution in [0, 0.1) is 12.3 Å². The number of nitrogens with zero attached hydrogens (tertiary/aromatic N) is 5. The van der Waals surface area contributed by atoms with E-state index in [9.17, 15) is 4.79 Å². The van der Waals surface area contributed by atoms with Gasteiger partial charge < -0.3 is 14.4 Å². The predicted octanol–water partition coefficient (Wildman–Crippen LogP) is 3.77. The number of aromatic nitrogens is 3. The molecular formula is C30H33N5O3. The number of benzene rings is 1. The number of ether oxygens (including phenoxy) is 2. The summed E-state index contributed by atoms with van der Waals surface area (Å²) in [7, 11) is 0. The molecule has 0 radical (unpaired) electrons. The van der Waals surface area contributed by atoms with Crippen LogP contribution in [-0.4, -0.2) is 70.1 Å². The quantitative estimate of drug-likeness (QED) is 0.528. The van der Waals surface area contributed by atoms with E-state index in [1.54, 1.807) is 0 Å². The minimum absolute atomic E-state index is 0.152. The number of hydrogen-bond acceptors (Lipinski definition) is 7. The Morgan fingerprint density at radius 2 is 1.89 bits per heavy atom. The van der Waals surface area contributed by atoms with Gasteiger partial charge in [0.15, 0.2) is 5.75 Å². The topological polar surface area (TPSA) is 80.7 Å². The molecule has 0 bridgehead atoms. The van der Waals surface area contributed by atoms with Gasteiger partial charge in [0, 0.05) is 44.0 Å². The maximum atomic E-state index is 13.0. The maximum absolute atomic E-state index is 13.0. The lowest BCUT2D eigenvalue weighted by molar-refractivity contribution is -0.136. The van der Waals surface area contributed by atoms with Gasteiger partial charge in [-0.3, -0.25) is 9.69 Å². The summed E-state index contributed by atoms with van der Waals surface area (Å²) in [5.41, 5.74) is 6.21. The third-order valence-electron chi connectivity index (χ3n) is 8.75. The van der Waals surface area contributed by atoms with Crippen molar-refractivity contribution < 1.29 is 14.3 Å². The molecular weight excluding hydrogens is 478 g/mol. The Morgan fingerprint density at radius 3 is 2.74 bits per heavy atom. The Balaban J connectivity index is 0.942. The second kappa shape index (κ2) is 9.34. The van der Waals surface area contributed by atoms with Gasteiger partial charge in [-0.05, 0) is 73.4 Å². The summed E-state index contributed by atoms with van der Waals surface area (Å²) in [5.74, 6) is 2.12. The molecule has 3 aromatic rings. The van der Waals surface area contributed by atoms with Gasteiger partial charge in [-0.1, -0.05) is 12.1 Å². The molecule has 1 amide bonds. The number of aryl methyl sites for hydroxylation is 2. The van der Waals surface area contributed by atoms with Crippen molar-refractivity contribution in [3.63, 3.8) is 0 Å². The molecule has 1 aromatic carbocycles. The second-order valence-corrected chi connectivity index (χ2v) is 11.2. The molecule has 8 heteroatoms. The maximum Gasteiger partial charge on any atom is 0.257 e. The number of likely N-dealkylation sites (tertiary alicyclic amines) is 2. The fourth-order valence-corrected chi connectivity index (χ4v) is 6.67. The summed E-state index contributed by atoms with van der Waals surface area (Å²) < 4.78 is 11.1. The first-order valence-electron chi connectivity index (χ1n) is 13.8. The van der Waals surface area contributed by atoms with Crippen molar-refractivity contribution in [2.24, 2.45) is 5.41 Å². The molecule has 196 valence electrons. The Morgan fingerprint density at radius 1 is 1.05 bits per heavy atom. The van der Waals surface area contributed by atoms with Crippen LogP contribution >= 0.6 is 0 Å². The Hall–Kier alpha value is -3.52. The molecule has 5 heterocycles. The summed E-state index contributed by atoms with van der Waals surface area (Å²) in [6, 6.07) is 13.1. The highest BCUT2D eigenvalue weighted by Crippen LogP contribution is 2.48. The van der Waals surface area contributed by atoms with Crippen molar-refractivity contribution in [1.82, 2.24) is 24.8 Å². The molecule has 1 spiro atoms. The van der Waals surface area contributed by atoms with E-state index >= 15 is 0 Å². The Kier molecular flexibility index (Phi) is 5.80. The number of piperidine rings is 1. The average molecular weight is 512 g/mol. The van der Waals surface area contributed by atoms with Crippen molar-refractivity contribution in [3.8, 4) is 22.9 Å². The van der Waals surface area contributed by atoms with Gasteiger partial charge in [-0.25, -0.2) is 15.0 Å². The van der Waals surface area contributed by atoms with Crippen LogP contribution in [0.15, 0.2) is 42.6 Å². The molecule has 2 fully saturated rings. The van der Waals surface area contributed by atoms with E-state index in [2.05, 4.69) is 38.1 Å². The lowest BCUT2D eigenvalue weighted by Gasteiger charge is -2.56. The third kappa shape index (κ3) is 4.30. The molecule has 2 aromatic heterocycles. The monoisotopic (exact) mass is 511 g/mol. The number of fused-ring (bicyclic) bond motifs is 2. The van der Waals surface area contributed by atoms with Crippen LogP contribution in [-0.2, 0) is 17.6 Å². The van der Waals surface area contributed by atoms with Gasteiger partial charge in [0.25, 0.3) is 5.88 Å². The molecule has 0 saturated carbocycles. The number of pyridine rings is 1. The fraction of sp³-hybridized carbons (Fsp3) is 0.467. The Bertz CT molecular complexity index is 1380. The smallest absolute Gasteiger partial charge is 0.257 e. The summed E-state index contributed by atoms with van der Waals surface area (Å²) in [6.07, 6.45) is 6.61. The van der Waals surface area contributed by atoms with E-state index in [0.29, 0.717) is 42.7 Å². The lowest BCUT2D eigenvalue weighted by atomic mass is 9.71. The predicted molar refractivity (Wildman–Crippen MR) is 142 cm³/mol. The SMILES string of the molecule is Cc1nccc(-c2ccc3c(c2)CCC3N2CC3(CCN(C(=O)Cc4ccc5c(n4)OCCO5)CC3)C2)n1. The van der Waals surface area contributed by atoms with E-state index in [4.69, 9.17) is 9.47 Å². The first kappa shape index (κ1) is 23.6. The van der Waals surface area contributed by atoms with Gasteiger partial charge in [0.05, 0.1) is 17.8 Å². The molecule has 1 atom stereocenters. The normalized spacial score (nSPS) is 21.7. The molecule has 1 aliphatic carbocycles. The third-order valence-corrected chi connectivity index (χ3v) is 8.75. The zero-order valence-corrected chi connectivity index (χ0v) is 21.9. The van der Waals surface area contributed by atoms with Gasteiger partial charge in [0.1, 0.15) is 19.0 Å². The lowest BCUT2D eigenvalue weighted by Crippen LogP contribution is -2.61. The van der Waals surface area contributed by atoms with Crippen LogP contribution in [0.25, 0.3) is 11.3 Å². The van der Waals surface area contributed by atoms with Crippen molar-refractivity contribution in [3.05, 3.63) is 65.2 Å². The average Bonchev–Trinajstić information content (AvgIpc) is 3.34. The first-order chi connectivity index (χ1) is 18.6. The highest BCUT2D eigenvalue weighted by atomic mass is 16.6. The van der Waals surface area contributed by atoms with Crippen molar-refractivity contribution in [2.45, 2.75) is 45.1 Å². The second-order valence-electron chi connectivity index (χ2n) is 11.2. The van der Waals surface area contributed by atoms with Gasteiger partial charge in [-0.15, -0.1) is 0 Å². The van der Waals surface area contributed by atoms with Crippen molar-refractivity contribution in [1.29, 1.82) is 0 Å². The van der Waals surface area contributed by atoms with Gasteiger partial charge >= 0.3 is 0 Å². The molecule has 8 nitrogen and oxygen atoms in total. The number of carbonyl (C=O) groups is 1. The summed E-state index contributed by atoms with van der Waals surface area (Å²) >= 11 is 0. The number of hydrogen-bond donors (Lipinski definition) is 0. The minimum Gasteiger partial charge on any atom is -0.484 e. The number of rotatable bonds is 4. The van der Waals surface area contributed by atoms with Crippen LogP contribution in [0.1, 0.15) is 47.9 Å². The molecule has 3 aliphatic heterocycles.